The van der Waals surface area contributed by atoms with Crippen molar-refractivity contribution in [3.8, 4) is 0 Å². The van der Waals surface area contributed by atoms with Gasteiger partial charge < -0.3 is 5.32 Å². The lowest BCUT2D eigenvalue weighted by atomic mass is 10.0. The number of unbranched alkanes of at least 4 members (excludes halogenated alkanes) is 1. The van der Waals surface area contributed by atoms with Crippen molar-refractivity contribution in [3.63, 3.8) is 0 Å². The van der Waals surface area contributed by atoms with Crippen LogP contribution in [0.3, 0.4) is 0 Å². The number of hydrazine groups is 1. The van der Waals surface area contributed by atoms with Gasteiger partial charge in [0.25, 0.3) is 5.91 Å². The summed E-state index contributed by atoms with van der Waals surface area (Å²) in [4.78, 5) is 26.0. The molecule has 1 aromatic rings. The lowest BCUT2D eigenvalue weighted by Crippen LogP contribution is -2.36. The highest BCUT2D eigenvalue weighted by Gasteiger charge is 2.25. The van der Waals surface area contributed by atoms with Crippen molar-refractivity contribution in [2.45, 2.75) is 58.3 Å². The minimum atomic E-state index is -0.125. The summed E-state index contributed by atoms with van der Waals surface area (Å²) in [5.74, 6) is -0.123. The van der Waals surface area contributed by atoms with Crippen LogP contribution in [0.1, 0.15) is 66.2 Å². The number of amides is 2. The number of thiophene rings is 1. The predicted octanol–water partition coefficient (Wildman–Crippen LogP) is 3.35. The maximum Gasteiger partial charge on any atom is 0.268 e. The molecule has 1 aliphatic carbocycles. The smallest absolute Gasteiger partial charge is 0.268 e. The van der Waals surface area contributed by atoms with E-state index < -0.39 is 0 Å². The van der Waals surface area contributed by atoms with E-state index in [1.54, 1.807) is 30.4 Å². The van der Waals surface area contributed by atoms with E-state index in [1.165, 1.54) is 11.3 Å². The van der Waals surface area contributed by atoms with Crippen molar-refractivity contribution in [1.29, 1.82) is 0 Å². The molecule has 0 aromatic carbocycles. The highest BCUT2D eigenvalue weighted by atomic mass is 32.1. The highest BCUT2D eigenvalue weighted by Crippen LogP contribution is 2.37. The Morgan fingerprint density at radius 1 is 1.17 bits per heavy atom. The first kappa shape index (κ1) is 17.9. The van der Waals surface area contributed by atoms with E-state index in [1.807, 2.05) is 0 Å². The maximum atomic E-state index is 12.6. The zero-order chi connectivity index (χ0) is 16.8. The average Bonchev–Trinajstić information content (AvgIpc) is 2.65. The monoisotopic (exact) mass is 337 g/mol. The van der Waals surface area contributed by atoms with Crippen LogP contribution in [-0.2, 0) is 17.6 Å². The molecule has 1 heterocycles. The van der Waals surface area contributed by atoms with E-state index in [0.29, 0.717) is 12.0 Å². The molecule has 0 saturated heterocycles. The molecule has 0 saturated carbocycles. The fourth-order valence-electron chi connectivity index (χ4n) is 2.86. The van der Waals surface area contributed by atoms with Crippen LogP contribution in [0.2, 0.25) is 0 Å². The second-order valence-electron chi connectivity index (χ2n) is 6.26. The highest BCUT2D eigenvalue weighted by molar-refractivity contribution is 7.17. The van der Waals surface area contributed by atoms with Crippen molar-refractivity contribution >= 4 is 28.2 Å². The van der Waals surface area contributed by atoms with Gasteiger partial charge in [-0.2, -0.15) is 0 Å². The molecule has 2 amide bonds. The van der Waals surface area contributed by atoms with E-state index in [2.05, 4.69) is 17.7 Å². The third-order valence-corrected chi connectivity index (χ3v) is 5.19. The second kappa shape index (κ2) is 8.45. The fraction of sp³-hybridized carbons (Fsp3) is 0.647. The number of hydrogen-bond donors (Lipinski definition) is 2. The van der Waals surface area contributed by atoms with Crippen LogP contribution < -0.4 is 10.7 Å². The number of carbonyl (C=O) groups excluding carboxylic acids is 2. The number of nitrogens with zero attached hydrogens (tertiary/aromatic N) is 1. The Labute approximate surface area is 142 Å². The number of carbonyl (C=O) groups is 2. The molecular formula is C17H27N3O2S. The molecule has 23 heavy (non-hydrogen) atoms. The molecule has 6 heteroatoms. The minimum absolute atomic E-state index is 0.00200. The third kappa shape index (κ3) is 4.78. The summed E-state index contributed by atoms with van der Waals surface area (Å²) in [6.45, 7) is 2.07. The lowest BCUT2D eigenvalue weighted by Gasteiger charge is -2.14. The van der Waals surface area contributed by atoms with Crippen molar-refractivity contribution in [3.05, 3.63) is 16.0 Å². The Hall–Kier alpha value is -1.40. The number of fused-ring (bicyclic) bond motifs is 1. The second-order valence-corrected chi connectivity index (χ2v) is 7.36. The van der Waals surface area contributed by atoms with Crippen LogP contribution >= 0.6 is 11.3 Å². The standard InChI is InChI=1S/C17H27N3O2S/c1-4-5-11-14(21)18-17-15(16(22)19-20(2)3)12-9-7-6-8-10-13(12)23-17/h4-11H2,1-3H3,(H,18,21)(H,19,22). The normalized spacial score (nSPS) is 14.3. The van der Waals surface area contributed by atoms with Gasteiger partial charge in [-0.25, -0.2) is 5.01 Å². The number of nitrogens with one attached hydrogen (secondary N) is 2. The number of anilines is 1. The molecule has 0 bridgehead atoms. The van der Waals surface area contributed by atoms with Gasteiger partial charge in [0.05, 0.1) is 5.56 Å². The van der Waals surface area contributed by atoms with E-state index in [4.69, 9.17) is 0 Å². The molecular weight excluding hydrogens is 310 g/mol. The lowest BCUT2D eigenvalue weighted by molar-refractivity contribution is -0.116. The van der Waals surface area contributed by atoms with Crippen LogP contribution in [0.15, 0.2) is 0 Å². The molecule has 0 aliphatic heterocycles. The molecule has 0 spiro atoms. The van der Waals surface area contributed by atoms with Crippen molar-refractivity contribution in [2.24, 2.45) is 0 Å². The van der Waals surface area contributed by atoms with Gasteiger partial charge >= 0.3 is 0 Å². The van der Waals surface area contributed by atoms with Crippen molar-refractivity contribution < 1.29 is 9.59 Å². The van der Waals surface area contributed by atoms with Crippen LogP contribution in [0.25, 0.3) is 0 Å². The first-order valence-corrected chi connectivity index (χ1v) is 9.27. The molecule has 1 aromatic heterocycles. The first-order chi connectivity index (χ1) is 11.0. The third-order valence-electron chi connectivity index (χ3n) is 3.98. The van der Waals surface area contributed by atoms with E-state index >= 15 is 0 Å². The maximum absolute atomic E-state index is 12.6. The fourth-order valence-corrected chi connectivity index (χ4v) is 4.16. The minimum Gasteiger partial charge on any atom is -0.317 e. The zero-order valence-electron chi connectivity index (χ0n) is 14.3. The molecule has 0 fully saturated rings. The topological polar surface area (TPSA) is 61.4 Å². The Balaban J connectivity index is 2.28. The zero-order valence-corrected chi connectivity index (χ0v) is 15.1. The molecule has 0 atom stereocenters. The average molecular weight is 337 g/mol. The molecule has 1 aliphatic rings. The summed E-state index contributed by atoms with van der Waals surface area (Å²) < 4.78 is 0. The summed E-state index contributed by atoms with van der Waals surface area (Å²) in [7, 11) is 3.59. The Kier molecular flexibility index (Phi) is 6.59. The predicted molar refractivity (Wildman–Crippen MR) is 94.9 cm³/mol. The molecule has 128 valence electrons. The Morgan fingerprint density at radius 3 is 2.61 bits per heavy atom. The molecule has 0 radical (unpaired) electrons. The van der Waals surface area contributed by atoms with Gasteiger partial charge in [0.2, 0.25) is 5.91 Å². The SMILES string of the molecule is CCCCC(=O)Nc1sc2c(c1C(=O)NN(C)C)CCCCC2. The summed E-state index contributed by atoms with van der Waals surface area (Å²) >= 11 is 1.58. The molecule has 5 nitrogen and oxygen atoms in total. The summed E-state index contributed by atoms with van der Waals surface area (Å²) in [5, 5.41) is 5.34. The van der Waals surface area contributed by atoms with Gasteiger partial charge in [0.1, 0.15) is 5.00 Å². The largest absolute Gasteiger partial charge is 0.317 e. The van der Waals surface area contributed by atoms with E-state index in [0.717, 1.165) is 49.1 Å². The Bertz CT molecular complexity index is 566. The van der Waals surface area contributed by atoms with Gasteiger partial charge in [0, 0.05) is 25.4 Å². The summed E-state index contributed by atoms with van der Waals surface area (Å²) in [6.07, 6.45) is 7.77. The van der Waals surface area contributed by atoms with Gasteiger partial charge in [-0.1, -0.05) is 19.8 Å². The number of hydrogen-bond acceptors (Lipinski definition) is 4. The van der Waals surface area contributed by atoms with Crippen molar-refractivity contribution in [2.75, 3.05) is 19.4 Å². The first-order valence-electron chi connectivity index (χ1n) is 8.45. The number of aryl methyl sites for hydroxylation is 1. The van der Waals surface area contributed by atoms with Crippen LogP contribution in [-0.4, -0.2) is 30.9 Å². The van der Waals surface area contributed by atoms with Gasteiger partial charge in [-0.05, 0) is 37.7 Å². The van der Waals surface area contributed by atoms with Crippen LogP contribution in [0.5, 0.6) is 0 Å². The molecule has 2 rings (SSSR count). The Morgan fingerprint density at radius 2 is 1.91 bits per heavy atom. The van der Waals surface area contributed by atoms with Crippen LogP contribution in [0, 0.1) is 0 Å². The van der Waals surface area contributed by atoms with E-state index in [9.17, 15) is 9.59 Å². The van der Waals surface area contributed by atoms with Gasteiger partial charge in [-0.15, -0.1) is 11.3 Å². The molecule has 2 N–H and O–H groups in total. The van der Waals surface area contributed by atoms with E-state index in [-0.39, 0.29) is 11.8 Å². The van der Waals surface area contributed by atoms with Gasteiger partial charge in [-0.3, -0.25) is 15.0 Å². The number of rotatable bonds is 6. The summed E-state index contributed by atoms with van der Waals surface area (Å²) in [6, 6.07) is 0. The molecule has 0 unspecified atom stereocenters. The quantitative estimate of drug-likeness (QED) is 0.618. The van der Waals surface area contributed by atoms with Crippen molar-refractivity contribution in [1.82, 2.24) is 10.4 Å². The van der Waals surface area contributed by atoms with Crippen LogP contribution in [0.4, 0.5) is 5.00 Å². The van der Waals surface area contributed by atoms with Gasteiger partial charge in [0.15, 0.2) is 0 Å². The summed E-state index contributed by atoms with van der Waals surface area (Å²) in [5.41, 5.74) is 4.63.